The van der Waals surface area contributed by atoms with Gasteiger partial charge >= 0.3 is 0 Å². The number of H-pyrrole nitrogens is 1. The van der Waals surface area contributed by atoms with E-state index in [9.17, 15) is 9.90 Å². The molecule has 3 N–H and O–H groups in total. The maximum atomic E-state index is 12.3. The number of carbonyl (C=O) groups excluding carboxylic acids is 1. The minimum atomic E-state index is -0.117. The number of carbonyl (C=O) groups is 1. The summed E-state index contributed by atoms with van der Waals surface area (Å²) in [6.07, 6.45) is 4.13. The number of fused-ring (bicyclic) bond motifs is 1. The average Bonchev–Trinajstić information content (AvgIpc) is 3.19. The van der Waals surface area contributed by atoms with Crippen LogP contribution in [0.1, 0.15) is 29.3 Å². The van der Waals surface area contributed by atoms with Gasteiger partial charge < -0.3 is 20.1 Å². The van der Waals surface area contributed by atoms with Crippen molar-refractivity contribution in [3.05, 3.63) is 52.8 Å². The number of rotatable bonds is 4. The molecular formula is C20H23N3O3. The Morgan fingerprint density at radius 1 is 1.35 bits per heavy atom. The minimum absolute atomic E-state index is 0.0423. The van der Waals surface area contributed by atoms with Crippen LogP contribution in [0.3, 0.4) is 0 Å². The van der Waals surface area contributed by atoms with Crippen LogP contribution in [0.2, 0.25) is 0 Å². The zero-order valence-corrected chi connectivity index (χ0v) is 14.8. The van der Waals surface area contributed by atoms with E-state index in [-0.39, 0.29) is 18.6 Å². The number of anilines is 1. The summed E-state index contributed by atoms with van der Waals surface area (Å²) in [5.41, 5.74) is 5.11. The molecule has 6 heteroatoms. The molecule has 1 aromatic heterocycles. The fraction of sp³-hybridized carbons (Fsp3) is 0.350. The van der Waals surface area contributed by atoms with Crippen molar-refractivity contribution in [1.82, 2.24) is 9.88 Å². The van der Waals surface area contributed by atoms with Crippen LogP contribution in [0.5, 0.6) is 0 Å². The number of ether oxygens (including phenoxy) is 1. The lowest BCUT2D eigenvalue weighted by molar-refractivity contribution is -0.110. The highest BCUT2D eigenvalue weighted by atomic mass is 16.5. The first-order valence-electron chi connectivity index (χ1n) is 8.91. The second-order valence-corrected chi connectivity index (χ2v) is 6.93. The molecule has 1 fully saturated rings. The lowest BCUT2D eigenvalue weighted by atomic mass is 10.0. The van der Waals surface area contributed by atoms with Gasteiger partial charge in [-0.05, 0) is 42.3 Å². The van der Waals surface area contributed by atoms with E-state index in [1.165, 1.54) is 5.56 Å². The fourth-order valence-electron chi connectivity index (χ4n) is 3.56. The highest BCUT2D eigenvalue weighted by Gasteiger charge is 2.24. The number of aliphatic hydroxyl groups excluding tert-OH is 1. The summed E-state index contributed by atoms with van der Waals surface area (Å²) in [5.74, 6) is -0.117. The molecule has 1 amide bonds. The van der Waals surface area contributed by atoms with Gasteiger partial charge in [0.15, 0.2) is 0 Å². The summed E-state index contributed by atoms with van der Waals surface area (Å²) in [6, 6.07) is 7.59. The molecule has 26 heavy (non-hydrogen) atoms. The van der Waals surface area contributed by atoms with Crippen molar-refractivity contribution in [2.24, 2.45) is 0 Å². The lowest BCUT2D eigenvalue weighted by Crippen LogP contribution is -2.40. The number of nitrogens with zero attached hydrogens (tertiary/aromatic N) is 1. The van der Waals surface area contributed by atoms with Crippen LogP contribution >= 0.6 is 0 Å². The van der Waals surface area contributed by atoms with Gasteiger partial charge in [-0.25, -0.2) is 0 Å². The van der Waals surface area contributed by atoms with Crippen LogP contribution in [-0.4, -0.2) is 46.7 Å². The predicted octanol–water partition coefficient (Wildman–Crippen LogP) is 2.22. The number of benzene rings is 1. The van der Waals surface area contributed by atoms with Crippen molar-refractivity contribution in [3.8, 4) is 0 Å². The maximum Gasteiger partial charge on any atom is 0.256 e. The molecule has 1 unspecified atom stereocenters. The SMILES string of the molecule is CC1CN(Cc2c[nH]c(C=C3C(=O)Nc4ccc(CO)cc43)c2)CCO1. The average molecular weight is 353 g/mol. The Morgan fingerprint density at radius 2 is 2.23 bits per heavy atom. The summed E-state index contributed by atoms with van der Waals surface area (Å²) in [7, 11) is 0. The van der Waals surface area contributed by atoms with Crippen LogP contribution in [0, 0.1) is 0 Å². The topological polar surface area (TPSA) is 77.6 Å². The third-order valence-corrected chi connectivity index (χ3v) is 4.85. The van der Waals surface area contributed by atoms with E-state index in [1.54, 1.807) is 0 Å². The van der Waals surface area contributed by atoms with E-state index in [1.807, 2.05) is 30.5 Å². The van der Waals surface area contributed by atoms with Crippen molar-refractivity contribution in [1.29, 1.82) is 0 Å². The Balaban J connectivity index is 1.54. The van der Waals surface area contributed by atoms with E-state index in [2.05, 4.69) is 28.2 Å². The first kappa shape index (κ1) is 17.0. The zero-order valence-electron chi connectivity index (χ0n) is 14.8. The monoisotopic (exact) mass is 353 g/mol. The quantitative estimate of drug-likeness (QED) is 0.737. The molecular weight excluding hydrogens is 330 g/mol. The van der Waals surface area contributed by atoms with Gasteiger partial charge in [0.2, 0.25) is 0 Å². The van der Waals surface area contributed by atoms with E-state index >= 15 is 0 Å². The van der Waals surface area contributed by atoms with Gasteiger partial charge in [-0.1, -0.05) is 6.07 Å². The molecule has 1 atom stereocenters. The number of hydrogen-bond donors (Lipinski definition) is 3. The lowest BCUT2D eigenvalue weighted by Gasteiger charge is -2.30. The van der Waals surface area contributed by atoms with E-state index in [0.717, 1.165) is 48.7 Å². The summed E-state index contributed by atoms with van der Waals surface area (Å²) in [6.45, 7) is 5.56. The number of aromatic nitrogens is 1. The van der Waals surface area contributed by atoms with Crippen LogP contribution in [0.15, 0.2) is 30.5 Å². The zero-order chi connectivity index (χ0) is 18.1. The number of hydrogen-bond acceptors (Lipinski definition) is 4. The second kappa shape index (κ2) is 7.07. The van der Waals surface area contributed by atoms with Gasteiger partial charge in [0.25, 0.3) is 5.91 Å². The van der Waals surface area contributed by atoms with Crippen molar-refractivity contribution in [3.63, 3.8) is 0 Å². The number of nitrogens with one attached hydrogen (secondary N) is 2. The van der Waals surface area contributed by atoms with Gasteiger partial charge in [-0.2, -0.15) is 0 Å². The van der Waals surface area contributed by atoms with Crippen LogP contribution in [0.25, 0.3) is 11.6 Å². The summed E-state index contributed by atoms with van der Waals surface area (Å²) in [4.78, 5) is 17.9. The standard InChI is InChI=1S/C20H23N3O3/c1-13-10-23(4-5-26-13)11-15-6-16(21-9-15)8-18-17-7-14(12-24)2-3-19(17)22-20(18)25/h2-3,6-9,13,21,24H,4-5,10-12H2,1H3,(H,22,25). The molecule has 3 heterocycles. The number of amides is 1. The van der Waals surface area contributed by atoms with Gasteiger partial charge in [-0.15, -0.1) is 0 Å². The van der Waals surface area contributed by atoms with Gasteiger partial charge in [0.1, 0.15) is 0 Å². The molecule has 2 aromatic rings. The Labute approximate surface area is 152 Å². The molecule has 0 aliphatic carbocycles. The Hall–Kier alpha value is -2.41. The summed E-state index contributed by atoms with van der Waals surface area (Å²) < 4.78 is 5.58. The molecule has 2 aliphatic heterocycles. The van der Waals surface area contributed by atoms with Crippen molar-refractivity contribution < 1.29 is 14.6 Å². The predicted molar refractivity (Wildman–Crippen MR) is 100 cm³/mol. The molecule has 2 aliphatic rings. The largest absolute Gasteiger partial charge is 0.392 e. The fourth-order valence-corrected chi connectivity index (χ4v) is 3.56. The van der Waals surface area contributed by atoms with Crippen LogP contribution in [0.4, 0.5) is 5.69 Å². The number of morpholine rings is 1. The third kappa shape index (κ3) is 3.44. The third-order valence-electron chi connectivity index (χ3n) is 4.85. The van der Waals surface area contributed by atoms with Gasteiger partial charge in [0, 0.05) is 42.8 Å². The first-order valence-corrected chi connectivity index (χ1v) is 8.91. The molecule has 6 nitrogen and oxygen atoms in total. The molecule has 4 rings (SSSR count). The molecule has 0 radical (unpaired) electrons. The van der Waals surface area contributed by atoms with E-state index in [4.69, 9.17) is 4.74 Å². The molecule has 0 spiro atoms. The van der Waals surface area contributed by atoms with Crippen molar-refractivity contribution in [2.75, 3.05) is 25.0 Å². The second-order valence-electron chi connectivity index (χ2n) is 6.93. The Morgan fingerprint density at radius 3 is 3.04 bits per heavy atom. The van der Waals surface area contributed by atoms with Gasteiger partial charge in [0.05, 0.1) is 24.9 Å². The first-order chi connectivity index (χ1) is 12.6. The van der Waals surface area contributed by atoms with Crippen molar-refractivity contribution >= 4 is 23.2 Å². The molecule has 1 saturated heterocycles. The van der Waals surface area contributed by atoms with E-state index in [0.29, 0.717) is 5.57 Å². The number of aliphatic hydroxyl groups is 1. The van der Waals surface area contributed by atoms with Crippen molar-refractivity contribution in [2.45, 2.75) is 26.2 Å². The van der Waals surface area contributed by atoms with E-state index < -0.39 is 0 Å². The van der Waals surface area contributed by atoms with Gasteiger partial charge in [-0.3, -0.25) is 9.69 Å². The minimum Gasteiger partial charge on any atom is -0.392 e. The Bertz CT molecular complexity index is 856. The molecule has 0 bridgehead atoms. The van der Waals surface area contributed by atoms with Crippen LogP contribution < -0.4 is 5.32 Å². The van der Waals surface area contributed by atoms with Crippen LogP contribution in [-0.2, 0) is 22.7 Å². The summed E-state index contributed by atoms with van der Waals surface area (Å²) >= 11 is 0. The smallest absolute Gasteiger partial charge is 0.256 e. The number of aromatic amines is 1. The summed E-state index contributed by atoms with van der Waals surface area (Å²) in [5, 5.41) is 12.2. The highest BCUT2D eigenvalue weighted by Crippen LogP contribution is 2.33. The Kier molecular flexibility index (Phi) is 4.63. The molecule has 1 aromatic carbocycles. The maximum absolute atomic E-state index is 12.3. The normalized spacial score (nSPS) is 21.8. The molecule has 0 saturated carbocycles. The highest BCUT2D eigenvalue weighted by molar-refractivity contribution is 6.34. The molecule has 136 valence electrons.